The third-order valence-electron chi connectivity index (χ3n) is 3.98. The van der Waals surface area contributed by atoms with E-state index in [-0.39, 0.29) is 17.0 Å². The highest BCUT2D eigenvalue weighted by Crippen LogP contribution is 2.40. The Kier molecular flexibility index (Phi) is 5.89. The smallest absolute Gasteiger partial charge is 0.272 e. The van der Waals surface area contributed by atoms with Gasteiger partial charge in [0.2, 0.25) is 0 Å². The number of thioether (sulfide) groups is 1. The summed E-state index contributed by atoms with van der Waals surface area (Å²) in [5.74, 6) is -0.681. The van der Waals surface area contributed by atoms with Gasteiger partial charge >= 0.3 is 0 Å². The molecule has 0 unspecified atom stereocenters. The van der Waals surface area contributed by atoms with Crippen LogP contribution in [0, 0.1) is 5.82 Å². The molecule has 0 atom stereocenters. The van der Waals surface area contributed by atoms with E-state index in [0.717, 1.165) is 4.90 Å². The van der Waals surface area contributed by atoms with Crippen molar-refractivity contribution in [1.29, 1.82) is 0 Å². The van der Waals surface area contributed by atoms with Gasteiger partial charge in [0.05, 0.1) is 22.3 Å². The first-order chi connectivity index (χ1) is 13.3. The molecule has 28 heavy (non-hydrogen) atoms. The Morgan fingerprint density at radius 3 is 2.21 bits per heavy atom. The number of carbonyl (C=O) groups excluding carboxylic acids is 2. The second kappa shape index (κ2) is 8.19. The van der Waals surface area contributed by atoms with Crippen molar-refractivity contribution in [2.45, 2.75) is 39.0 Å². The van der Waals surface area contributed by atoms with Gasteiger partial charge in [0, 0.05) is 5.25 Å². The van der Waals surface area contributed by atoms with Crippen molar-refractivity contribution in [3.05, 3.63) is 64.8 Å². The average Bonchev–Trinajstić information content (AvgIpc) is 2.85. The van der Waals surface area contributed by atoms with Gasteiger partial charge in [0.15, 0.2) is 0 Å². The number of rotatable bonds is 6. The molecular formula is C22H22FNO3S. The van der Waals surface area contributed by atoms with E-state index in [4.69, 9.17) is 4.74 Å². The fraction of sp³-hybridized carbons (Fsp3) is 0.273. The van der Waals surface area contributed by atoms with Crippen LogP contribution in [0.2, 0.25) is 0 Å². The standard InChI is InChI=1S/C22H22FNO3S/c1-13(2)27-18-10-8-15(9-11-18)19-20(28-14(3)4)22(26)24(21(19)25)17-7-5-6-16(23)12-17/h5-14H,1-4H3. The number of carbonyl (C=O) groups is 2. The molecule has 1 aliphatic rings. The number of amides is 2. The van der Waals surface area contributed by atoms with Crippen LogP contribution in [-0.4, -0.2) is 23.2 Å². The fourth-order valence-electron chi connectivity index (χ4n) is 2.93. The summed E-state index contributed by atoms with van der Waals surface area (Å²) in [6, 6.07) is 12.6. The molecule has 4 nitrogen and oxygen atoms in total. The molecule has 0 aliphatic carbocycles. The number of anilines is 1. The molecule has 0 saturated carbocycles. The van der Waals surface area contributed by atoms with Gasteiger partial charge in [-0.2, -0.15) is 0 Å². The van der Waals surface area contributed by atoms with Crippen molar-refractivity contribution in [3.63, 3.8) is 0 Å². The molecule has 1 aliphatic heterocycles. The Labute approximate surface area is 168 Å². The van der Waals surface area contributed by atoms with Gasteiger partial charge in [-0.1, -0.05) is 32.0 Å². The van der Waals surface area contributed by atoms with E-state index in [1.807, 2.05) is 27.7 Å². The molecule has 0 bridgehead atoms. The third kappa shape index (κ3) is 4.12. The number of ether oxygens (including phenoxy) is 1. The molecule has 0 N–H and O–H groups in total. The fourth-order valence-corrected chi connectivity index (χ4v) is 3.92. The van der Waals surface area contributed by atoms with E-state index in [9.17, 15) is 14.0 Å². The molecule has 1 heterocycles. The lowest BCUT2D eigenvalue weighted by molar-refractivity contribution is -0.119. The maximum absolute atomic E-state index is 13.7. The molecule has 2 aromatic rings. The summed E-state index contributed by atoms with van der Waals surface area (Å²) in [5.41, 5.74) is 1.20. The predicted molar refractivity (Wildman–Crippen MR) is 111 cm³/mol. The third-order valence-corrected chi connectivity index (χ3v) is 5.06. The molecule has 2 aromatic carbocycles. The quantitative estimate of drug-likeness (QED) is 0.639. The predicted octanol–water partition coefficient (Wildman–Crippen LogP) is 5.04. The van der Waals surface area contributed by atoms with Crippen LogP contribution in [0.4, 0.5) is 10.1 Å². The number of imide groups is 1. The molecule has 0 spiro atoms. The van der Waals surface area contributed by atoms with Crippen molar-refractivity contribution < 1.29 is 18.7 Å². The van der Waals surface area contributed by atoms with Crippen molar-refractivity contribution >= 4 is 34.8 Å². The Hall–Kier alpha value is -2.60. The van der Waals surface area contributed by atoms with Crippen molar-refractivity contribution in [2.75, 3.05) is 4.90 Å². The van der Waals surface area contributed by atoms with Crippen LogP contribution in [0.25, 0.3) is 5.57 Å². The van der Waals surface area contributed by atoms with E-state index in [1.165, 1.54) is 30.0 Å². The molecule has 0 fully saturated rings. The lowest BCUT2D eigenvalue weighted by atomic mass is 10.1. The molecule has 0 radical (unpaired) electrons. The zero-order valence-corrected chi connectivity index (χ0v) is 17.0. The van der Waals surface area contributed by atoms with E-state index < -0.39 is 17.6 Å². The monoisotopic (exact) mass is 399 g/mol. The minimum absolute atomic E-state index is 0.0373. The first-order valence-corrected chi connectivity index (χ1v) is 9.98. The minimum atomic E-state index is -0.500. The van der Waals surface area contributed by atoms with Crippen LogP contribution >= 0.6 is 11.8 Å². The average molecular weight is 399 g/mol. The normalized spacial score (nSPS) is 14.6. The molecule has 146 valence electrons. The summed E-state index contributed by atoms with van der Waals surface area (Å²) in [6.45, 7) is 7.78. The van der Waals surface area contributed by atoms with Gasteiger partial charge in [-0.05, 0) is 49.7 Å². The van der Waals surface area contributed by atoms with Crippen LogP contribution in [-0.2, 0) is 9.59 Å². The van der Waals surface area contributed by atoms with Crippen molar-refractivity contribution in [1.82, 2.24) is 0 Å². The second-order valence-electron chi connectivity index (χ2n) is 6.99. The van der Waals surface area contributed by atoms with Gasteiger partial charge < -0.3 is 4.74 Å². The number of nitrogens with zero attached hydrogens (tertiary/aromatic N) is 1. The van der Waals surface area contributed by atoms with E-state index in [0.29, 0.717) is 21.8 Å². The van der Waals surface area contributed by atoms with E-state index in [1.54, 1.807) is 30.3 Å². The Bertz CT molecular complexity index is 935. The van der Waals surface area contributed by atoms with Gasteiger partial charge in [-0.15, -0.1) is 11.8 Å². The van der Waals surface area contributed by atoms with Gasteiger partial charge in [0.1, 0.15) is 11.6 Å². The summed E-state index contributed by atoms with van der Waals surface area (Å²) in [6.07, 6.45) is 0.0373. The maximum Gasteiger partial charge on any atom is 0.272 e. The van der Waals surface area contributed by atoms with Gasteiger partial charge in [0.25, 0.3) is 11.8 Å². The SMILES string of the molecule is CC(C)Oc1ccc(C2=C(SC(C)C)C(=O)N(c3cccc(F)c3)C2=O)cc1. The van der Waals surface area contributed by atoms with Crippen molar-refractivity contribution in [2.24, 2.45) is 0 Å². The molecule has 2 amide bonds. The highest BCUT2D eigenvalue weighted by molar-refractivity contribution is 8.04. The maximum atomic E-state index is 13.7. The second-order valence-corrected chi connectivity index (χ2v) is 8.57. The number of halogens is 1. The Morgan fingerprint density at radius 2 is 1.64 bits per heavy atom. The highest BCUT2D eigenvalue weighted by atomic mass is 32.2. The van der Waals surface area contributed by atoms with Crippen LogP contribution in [0.15, 0.2) is 53.4 Å². The summed E-state index contributed by atoms with van der Waals surface area (Å²) in [7, 11) is 0. The molecule has 0 aromatic heterocycles. The topological polar surface area (TPSA) is 46.6 Å². The Balaban J connectivity index is 2.03. The molecular weight excluding hydrogens is 377 g/mol. The lowest BCUT2D eigenvalue weighted by Gasteiger charge is -2.15. The zero-order chi connectivity index (χ0) is 20.4. The Morgan fingerprint density at radius 1 is 0.964 bits per heavy atom. The van der Waals surface area contributed by atoms with Crippen LogP contribution < -0.4 is 9.64 Å². The summed E-state index contributed by atoms with van der Waals surface area (Å²) < 4.78 is 19.3. The first kappa shape index (κ1) is 20.1. The number of benzene rings is 2. The van der Waals surface area contributed by atoms with E-state index >= 15 is 0 Å². The number of hydrogen-bond donors (Lipinski definition) is 0. The van der Waals surface area contributed by atoms with Gasteiger partial charge in [-0.25, -0.2) is 9.29 Å². The summed E-state index contributed by atoms with van der Waals surface area (Å²) in [5, 5.41) is 0.109. The zero-order valence-electron chi connectivity index (χ0n) is 16.2. The largest absolute Gasteiger partial charge is 0.491 e. The molecule has 6 heteroatoms. The first-order valence-electron chi connectivity index (χ1n) is 9.10. The minimum Gasteiger partial charge on any atom is -0.491 e. The van der Waals surface area contributed by atoms with Gasteiger partial charge in [-0.3, -0.25) is 9.59 Å². The number of hydrogen-bond acceptors (Lipinski definition) is 4. The lowest BCUT2D eigenvalue weighted by Crippen LogP contribution is -2.31. The van der Waals surface area contributed by atoms with Crippen LogP contribution in [0.3, 0.4) is 0 Å². The molecule has 0 saturated heterocycles. The van der Waals surface area contributed by atoms with Crippen LogP contribution in [0.5, 0.6) is 5.75 Å². The van der Waals surface area contributed by atoms with Crippen molar-refractivity contribution in [3.8, 4) is 5.75 Å². The highest BCUT2D eigenvalue weighted by Gasteiger charge is 2.40. The van der Waals surface area contributed by atoms with E-state index in [2.05, 4.69) is 0 Å². The molecule has 3 rings (SSSR count). The van der Waals surface area contributed by atoms with Crippen LogP contribution in [0.1, 0.15) is 33.3 Å². The summed E-state index contributed by atoms with van der Waals surface area (Å²) >= 11 is 1.34. The summed E-state index contributed by atoms with van der Waals surface area (Å²) in [4.78, 5) is 27.6.